The second-order valence-corrected chi connectivity index (χ2v) is 7.74. The number of pyridine rings is 1. The first-order valence-electron chi connectivity index (χ1n) is 9.44. The molecule has 13 heteroatoms. The van der Waals surface area contributed by atoms with Crippen molar-refractivity contribution in [2.24, 2.45) is 11.7 Å². The number of nitrogens with two attached hydrogens (primary N) is 1. The third kappa shape index (κ3) is 4.03. The van der Waals surface area contributed by atoms with Crippen LogP contribution in [-0.4, -0.2) is 34.8 Å². The maximum atomic E-state index is 14.0. The molecule has 4 atom stereocenters. The van der Waals surface area contributed by atoms with Crippen LogP contribution in [0.15, 0.2) is 30.5 Å². The summed E-state index contributed by atoms with van der Waals surface area (Å²) >= 11 is 0. The molecule has 1 aliphatic rings. The third-order valence-electron chi connectivity index (χ3n) is 5.83. The van der Waals surface area contributed by atoms with Gasteiger partial charge in [-0.15, -0.1) is 0 Å². The molecular weight excluding hydrogens is 457 g/mol. The first-order chi connectivity index (χ1) is 15.2. The monoisotopic (exact) mass is 475 g/mol. The lowest BCUT2D eigenvalue weighted by Crippen LogP contribution is -2.47. The SMILES string of the molecule is C[C@H]1[C@H](c2ccc(F)c(F)c2O)[C@H](C(=O)Nc2cc[n+]([O-])c(C(N)=O)c2)O[C@]1(C)C(F)(F)F. The summed E-state index contributed by atoms with van der Waals surface area (Å²) in [5, 5.41) is 23.9. The van der Waals surface area contributed by atoms with Crippen molar-refractivity contribution >= 4 is 17.5 Å². The molecule has 2 amide bonds. The Balaban J connectivity index is 2.05. The summed E-state index contributed by atoms with van der Waals surface area (Å²) < 4.78 is 74.2. The number of hydrogen-bond acceptors (Lipinski definition) is 5. The van der Waals surface area contributed by atoms with Gasteiger partial charge in [0.15, 0.2) is 23.4 Å². The molecule has 8 nitrogen and oxygen atoms in total. The largest absolute Gasteiger partial charge is 0.618 e. The lowest BCUT2D eigenvalue weighted by Gasteiger charge is -2.31. The van der Waals surface area contributed by atoms with E-state index in [9.17, 15) is 41.9 Å². The molecule has 0 radical (unpaired) electrons. The number of phenols is 1. The van der Waals surface area contributed by atoms with Crippen molar-refractivity contribution in [3.63, 3.8) is 0 Å². The van der Waals surface area contributed by atoms with Crippen molar-refractivity contribution in [3.05, 3.63) is 58.6 Å². The zero-order valence-electron chi connectivity index (χ0n) is 17.1. The van der Waals surface area contributed by atoms with Crippen molar-refractivity contribution in [3.8, 4) is 5.75 Å². The van der Waals surface area contributed by atoms with Crippen LogP contribution < -0.4 is 15.8 Å². The molecule has 1 saturated heterocycles. The highest BCUT2D eigenvalue weighted by Crippen LogP contribution is 2.54. The Morgan fingerprint density at radius 3 is 2.48 bits per heavy atom. The molecule has 1 aromatic carbocycles. The first kappa shape index (κ1) is 24.2. The Labute approximate surface area is 183 Å². The van der Waals surface area contributed by atoms with Gasteiger partial charge in [-0.2, -0.15) is 22.3 Å². The normalized spacial score (nSPS) is 25.1. The Bertz CT molecular complexity index is 1130. The number of halogens is 5. The van der Waals surface area contributed by atoms with Crippen LogP contribution in [0.2, 0.25) is 0 Å². The fraction of sp³-hybridized carbons (Fsp3) is 0.350. The van der Waals surface area contributed by atoms with Gasteiger partial charge >= 0.3 is 12.1 Å². The number of benzene rings is 1. The van der Waals surface area contributed by atoms with E-state index in [-0.39, 0.29) is 10.4 Å². The lowest BCUT2D eigenvalue weighted by atomic mass is 9.77. The van der Waals surface area contributed by atoms with E-state index < -0.39 is 70.2 Å². The van der Waals surface area contributed by atoms with Crippen molar-refractivity contribution in [2.45, 2.75) is 37.6 Å². The molecule has 1 fully saturated rings. The van der Waals surface area contributed by atoms with Gasteiger partial charge in [0.25, 0.3) is 11.6 Å². The summed E-state index contributed by atoms with van der Waals surface area (Å²) in [7, 11) is 0. The second-order valence-electron chi connectivity index (χ2n) is 7.74. The summed E-state index contributed by atoms with van der Waals surface area (Å²) in [6.45, 7) is 1.79. The molecule has 1 aliphatic heterocycles. The standard InChI is InChI=1S/C20H18F5N3O5/c1-8-13(10-3-4-11(21)14(22)15(10)29)16(33-19(8,2)20(23,24)25)18(31)27-9-5-6-28(32)12(7-9)17(26)30/h3-8,13,16,29H,1-2H3,(H2,26,30)(H,27,31)/t8-,13+,16+,19-/m0/s1. The molecule has 0 unspecified atom stereocenters. The highest BCUT2D eigenvalue weighted by molar-refractivity contribution is 5.97. The Morgan fingerprint density at radius 1 is 1.27 bits per heavy atom. The van der Waals surface area contributed by atoms with Crippen LogP contribution in [0, 0.1) is 22.8 Å². The molecule has 33 heavy (non-hydrogen) atoms. The number of carbonyl (C=O) groups excluding carboxylic acids is 2. The topological polar surface area (TPSA) is 129 Å². The van der Waals surface area contributed by atoms with Gasteiger partial charge in [0.1, 0.15) is 6.10 Å². The number of hydrogen-bond donors (Lipinski definition) is 3. The first-order valence-corrected chi connectivity index (χ1v) is 9.44. The van der Waals surface area contributed by atoms with E-state index >= 15 is 0 Å². The number of amides is 2. The number of alkyl halides is 3. The average molecular weight is 475 g/mol. The number of aromatic nitrogens is 1. The fourth-order valence-electron chi connectivity index (χ4n) is 3.81. The zero-order chi connectivity index (χ0) is 24.9. The van der Waals surface area contributed by atoms with Crippen LogP contribution in [0.25, 0.3) is 0 Å². The van der Waals surface area contributed by atoms with E-state index in [1.54, 1.807) is 0 Å². The fourth-order valence-corrected chi connectivity index (χ4v) is 3.81. The quantitative estimate of drug-likeness (QED) is 0.356. The van der Waals surface area contributed by atoms with Crippen LogP contribution in [0.3, 0.4) is 0 Å². The van der Waals surface area contributed by atoms with Gasteiger partial charge in [0.2, 0.25) is 5.82 Å². The Morgan fingerprint density at radius 2 is 1.91 bits per heavy atom. The molecule has 178 valence electrons. The van der Waals surface area contributed by atoms with Gasteiger partial charge < -0.3 is 26.1 Å². The molecule has 2 heterocycles. The summed E-state index contributed by atoms with van der Waals surface area (Å²) in [5.74, 6) is -9.71. The molecule has 0 aliphatic carbocycles. The van der Waals surface area contributed by atoms with E-state index in [1.165, 1.54) is 0 Å². The number of phenolic OH excluding ortho intramolecular Hbond substituents is 1. The van der Waals surface area contributed by atoms with Crippen LogP contribution in [0.1, 0.15) is 35.8 Å². The van der Waals surface area contributed by atoms with Crippen LogP contribution in [-0.2, 0) is 9.53 Å². The highest BCUT2D eigenvalue weighted by Gasteiger charge is 2.65. The van der Waals surface area contributed by atoms with E-state index in [1.807, 2.05) is 0 Å². The summed E-state index contributed by atoms with van der Waals surface area (Å²) in [6, 6.07) is 3.44. The number of primary amides is 1. The van der Waals surface area contributed by atoms with Crippen LogP contribution in [0.5, 0.6) is 5.75 Å². The Kier molecular flexibility index (Phi) is 5.96. The molecule has 4 N–H and O–H groups in total. The highest BCUT2D eigenvalue weighted by atomic mass is 19.4. The minimum absolute atomic E-state index is 0.120. The second kappa shape index (κ2) is 8.14. The van der Waals surface area contributed by atoms with Gasteiger partial charge in [-0.25, -0.2) is 4.39 Å². The smallest absolute Gasteiger partial charge is 0.417 e. The van der Waals surface area contributed by atoms with Crippen molar-refractivity contribution in [1.29, 1.82) is 0 Å². The molecule has 0 saturated carbocycles. The number of aromatic hydroxyl groups is 1. The molecule has 1 aromatic heterocycles. The number of carbonyl (C=O) groups is 2. The van der Waals surface area contributed by atoms with Crippen LogP contribution in [0.4, 0.5) is 27.6 Å². The third-order valence-corrected chi connectivity index (χ3v) is 5.83. The molecule has 2 aromatic rings. The van der Waals surface area contributed by atoms with Gasteiger partial charge in [-0.05, 0) is 13.0 Å². The molecule has 0 bridgehead atoms. The lowest BCUT2D eigenvalue weighted by molar-refractivity contribution is -0.607. The van der Waals surface area contributed by atoms with Crippen molar-refractivity contribution in [2.75, 3.05) is 5.32 Å². The summed E-state index contributed by atoms with van der Waals surface area (Å²) in [5.41, 5.74) is 1.00. The van der Waals surface area contributed by atoms with E-state index in [0.717, 1.165) is 31.3 Å². The zero-order valence-corrected chi connectivity index (χ0v) is 17.1. The maximum Gasteiger partial charge on any atom is 0.417 e. The number of anilines is 1. The van der Waals surface area contributed by atoms with E-state index in [0.29, 0.717) is 13.0 Å². The van der Waals surface area contributed by atoms with E-state index in [2.05, 4.69) is 5.32 Å². The van der Waals surface area contributed by atoms with Gasteiger partial charge in [-0.1, -0.05) is 13.0 Å². The maximum absolute atomic E-state index is 14.0. The van der Waals surface area contributed by atoms with Crippen LogP contribution >= 0.6 is 0 Å². The molecule has 3 rings (SSSR count). The van der Waals surface area contributed by atoms with Gasteiger partial charge in [0.05, 0.1) is 5.69 Å². The van der Waals surface area contributed by atoms with Crippen molar-refractivity contribution < 1.29 is 46.1 Å². The number of nitrogens with one attached hydrogen (secondary N) is 1. The average Bonchev–Trinajstić information content (AvgIpc) is 3.00. The molecular formula is C20H18F5N3O5. The summed E-state index contributed by atoms with van der Waals surface area (Å²) in [4.78, 5) is 24.3. The Hall–Kier alpha value is -3.48. The number of rotatable bonds is 4. The number of nitrogens with zero attached hydrogens (tertiary/aromatic N) is 1. The van der Waals surface area contributed by atoms with E-state index in [4.69, 9.17) is 10.5 Å². The minimum Gasteiger partial charge on any atom is -0.618 e. The summed E-state index contributed by atoms with van der Waals surface area (Å²) in [6.07, 6.45) is -6.04. The number of ether oxygens (including phenoxy) is 1. The van der Waals surface area contributed by atoms with Crippen molar-refractivity contribution in [1.82, 2.24) is 0 Å². The predicted octanol–water partition coefficient (Wildman–Crippen LogP) is 2.48. The van der Waals surface area contributed by atoms with Gasteiger partial charge in [-0.3, -0.25) is 9.59 Å². The molecule has 0 spiro atoms. The predicted molar refractivity (Wildman–Crippen MR) is 102 cm³/mol. The van der Waals surface area contributed by atoms with Gasteiger partial charge in [0, 0.05) is 29.5 Å². The minimum atomic E-state index is -4.96.